The van der Waals surface area contributed by atoms with Gasteiger partial charge in [-0.15, -0.1) is 10.2 Å². The highest BCUT2D eigenvalue weighted by molar-refractivity contribution is 6.03. The number of benzene rings is 2. The molecule has 0 spiro atoms. The number of carbonyl (C=O) groups is 1. The first-order chi connectivity index (χ1) is 12.5. The molecule has 26 heavy (non-hydrogen) atoms. The highest BCUT2D eigenvalue weighted by atomic mass is 19.2. The Hall–Kier alpha value is -3.86. The lowest BCUT2D eigenvalue weighted by Crippen LogP contribution is -2.14. The molecule has 3 aromatic rings. The SMILES string of the molecule is N#Cc1ccc(Nc2ccc(NC(=O)c3ccc(F)c(F)c3)nn2)cc1. The molecule has 6 nitrogen and oxygen atoms in total. The van der Waals surface area contributed by atoms with Crippen molar-refractivity contribution in [2.45, 2.75) is 0 Å². The van der Waals surface area contributed by atoms with Crippen LogP contribution in [0.2, 0.25) is 0 Å². The van der Waals surface area contributed by atoms with Crippen LogP contribution in [0, 0.1) is 23.0 Å². The Bertz CT molecular complexity index is 982. The summed E-state index contributed by atoms with van der Waals surface area (Å²) in [5.74, 6) is -2.18. The first-order valence-corrected chi connectivity index (χ1v) is 7.42. The zero-order valence-corrected chi connectivity index (χ0v) is 13.2. The van der Waals surface area contributed by atoms with Crippen molar-refractivity contribution in [3.05, 3.63) is 77.4 Å². The van der Waals surface area contributed by atoms with Crippen molar-refractivity contribution in [1.82, 2.24) is 10.2 Å². The van der Waals surface area contributed by atoms with Crippen LogP contribution in [0.3, 0.4) is 0 Å². The molecule has 2 aromatic carbocycles. The minimum absolute atomic E-state index is 0.0366. The summed E-state index contributed by atoms with van der Waals surface area (Å²) in [5.41, 5.74) is 1.22. The van der Waals surface area contributed by atoms with E-state index in [9.17, 15) is 13.6 Å². The van der Waals surface area contributed by atoms with Gasteiger partial charge in [0.15, 0.2) is 23.3 Å². The van der Waals surface area contributed by atoms with Crippen LogP contribution < -0.4 is 10.6 Å². The zero-order valence-electron chi connectivity index (χ0n) is 13.2. The molecule has 0 fully saturated rings. The molecule has 1 heterocycles. The fourth-order valence-electron chi connectivity index (χ4n) is 2.07. The van der Waals surface area contributed by atoms with Gasteiger partial charge in [0, 0.05) is 11.3 Å². The summed E-state index contributed by atoms with van der Waals surface area (Å²) in [6, 6.07) is 14.7. The van der Waals surface area contributed by atoms with Gasteiger partial charge >= 0.3 is 0 Å². The Morgan fingerprint density at radius 2 is 1.62 bits per heavy atom. The van der Waals surface area contributed by atoms with E-state index in [1.165, 1.54) is 12.1 Å². The fourth-order valence-corrected chi connectivity index (χ4v) is 2.07. The average Bonchev–Trinajstić information content (AvgIpc) is 2.66. The summed E-state index contributed by atoms with van der Waals surface area (Å²) in [7, 11) is 0. The number of aromatic nitrogens is 2. The van der Waals surface area contributed by atoms with Crippen molar-refractivity contribution >= 4 is 23.2 Å². The maximum absolute atomic E-state index is 13.2. The van der Waals surface area contributed by atoms with E-state index < -0.39 is 17.5 Å². The molecule has 1 amide bonds. The van der Waals surface area contributed by atoms with Crippen molar-refractivity contribution in [1.29, 1.82) is 5.26 Å². The molecule has 0 aliphatic heterocycles. The largest absolute Gasteiger partial charge is 0.339 e. The van der Waals surface area contributed by atoms with E-state index in [1.54, 1.807) is 30.3 Å². The van der Waals surface area contributed by atoms with Gasteiger partial charge in [0.05, 0.1) is 11.6 Å². The number of halogens is 2. The van der Waals surface area contributed by atoms with E-state index in [2.05, 4.69) is 20.8 Å². The van der Waals surface area contributed by atoms with Crippen molar-refractivity contribution in [2.24, 2.45) is 0 Å². The van der Waals surface area contributed by atoms with Gasteiger partial charge in [-0.05, 0) is 54.6 Å². The van der Waals surface area contributed by atoms with Crippen molar-refractivity contribution in [3.63, 3.8) is 0 Å². The highest BCUT2D eigenvalue weighted by Crippen LogP contribution is 2.16. The molecule has 0 saturated carbocycles. The summed E-state index contributed by atoms with van der Waals surface area (Å²) in [6.45, 7) is 0. The number of anilines is 3. The van der Waals surface area contributed by atoms with Gasteiger partial charge in [0.2, 0.25) is 0 Å². The number of hydrogen-bond acceptors (Lipinski definition) is 5. The second-order valence-electron chi connectivity index (χ2n) is 5.20. The molecule has 2 N–H and O–H groups in total. The molecule has 128 valence electrons. The van der Waals surface area contributed by atoms with E-state index in [1.807, 2.05) is 6.07 Å². The van der Waals surface area contributed by atoms with Gasteiger partial charge in [-0.1, -0.05) is 0 Å². The van der Waals surface area contributed by atoms with Crippen LogP contribution in [0.25, 0.3) is 0 Å². The van der Waals surface area contributed by atoms with E-state index >= 15 is 0 Å². The van der Waals surface area contributed by atoms with Crippen LogP contribution in [0.5, 0.6) is 0 Å². The number of amides is 1. The number of nitrogens with zero attached hydrogens (tertiary/aromatic N) is 3. The Labute approximate surface area is 147 Å². The molecule has 3 rings (SSSR count). The van der Waals surface area contributed by atoms with E-state index in [-0.39, 0.29) is 11.4 Å². The van der Waals surface area contributed by atoms with Crippen LogP contribution in [-0.4, -0.2) is 16.1 Å². The number of rotatable bonds is 4. The minimum atomic E-state index is -1.11. The summed E-state index contributed by atoms with van der Waals surface area (Å²) >= 11 is 0. The lowest BCUT2D eigenvalue weighted by molar-refractivity contribution is 0.102. The summed E-state index contributed by atoms with van der Waals surface area (Å²) in [6.07, 6.45) is 0. The zero-order chi connectivity index (χ0) is 18.5. The van der Waals surface area contributed by atoms with Crippen LogP contribution in [0.15, 0.2) is 54.6 Å². The molecule has 0 atom stereocenters. The lowest BCUT2D eigenvalue weighted by Gasteiger charge is -2.07. The normalized spacial score (nSPS) is 10.0. The molecule has 0 aliphatic rings. The monoisotopic (exact) mass is 351 g/mol. The molecule has 1 aromatic heterocycles. The molecule has 0 saturated heterocycles. The van der Waals surface area contributed by atoms with Gasteiger partial charge in [-0.3, -0.25) is 4.79 Å². The van der Waals surface area contributed by atoms with Crippen LogP contribution in [0.4, 0.5) is 26.1 Å². The van der Waals surface area contributed by atoms with Gasteiger partial charge in [0.1, 0.15) is 0 Å². The van der Waals surface area contributed by atoms with Gasteiger partial charge < -0.3 is 10.6 Å². The number of hydrogen-bond donors (Lipinski definition) is 2. The van der Waals surface area contributed by atoms with Crippen molar-refractivity contribution in [3.8, 4) is 6.07 Å². The summed E-state index contributed by atoms with van der Waals surface area (Å²) in [4.78, 5) is 12.0. The molecule has 0 unspecified atom stereocenters. The van der Waals surface area contributed by atoms with Crippen LogP contribution >= 0.6 is 0 Å². The highest BCUT2D eigenvalue weighted by Gasteiger charge is 2.11. The number of nitrogens with one attached hydrogen (secondary N) is 2. The Balaban J connectivity index is 1.66. The first-order valence-electron chi connectivity index (χ1n) is 7.42. The number of nitriles is 1. The second-order valence-corrected chi connectivity index (χ2v) is 5.20. The van der Waals surface area contributed by atoms with Gasteiger partial charge in [-0.2, -0.15) is 5.26 Å². The smallest absolute Gasteiger partial charge is 0.256 e. The third kappa shape index (κ3) is 3.96. The van der Waals surface area contributed by atoms with Crippen molar-refractivity contribution in [2.75, 3.05) is 10.6 Å². The molecule has 0 bridgehead atoms. The Kier molecular flexibility index (Phi) is 4.80. The average molecular weight is 351 g/mol. The summed E-state index contributed by atoms with van der Waals surface area (Å²) in [5, 5.41) is 22.0. The molecular formula is C18H11F2N5O. The molecule has 8 heteroatoms. The topological polar surface area (TPSA) is 90.7 Å². The van der Waals surface area contributed by atoms with E-state index in [0.717, 1.165) is 17.8 Å². The maximum Gasteiger partial charge on any atom is 0.256 e. The maximum atomic E-state index is 13.2. The van der Waals surface area contributed by atoms with Gasteiger partial charge in [-0.25, -0.2) is 8.78 Å². The predicted molar refractivity (Wildman–Crippen MR) is 90.8 cm³/mol. The second kappa shape index (κ2) is 7.36. The fraction of sp³-hybridized carbons (Fsp3) is 0. The van der Waals surface area contributed by atoms with Crippen LogP contribution in [-0.2, 0) is 0 Å². The number of carbonyl (C=O) groups excluding carboxylic acids is 1. The third-order valence-electron chi connectivity index (χ3n) is 3.37. The van der Waals surface area contributed by atoms with Gasteiger partial charge in [0.25, 0.3) is 5.91 Å². The summed E-state index contributed by atoms with van der Waals surface area (Å²) < 4.78 is 26.1. The minimum Gasteiger partial charge on any atom is -0.339 e. The molecular weight excluding hydrogens is 340 g/mol. The lowest BCUT2D eigenvalue weighted by atomic mass is 10.2. The predicted octanol–water partition coefficient (Wildman–Crippen LogP) is 3.62. The molecule has 0 aliphatic carbocycles. The molecule has 0 radical (unpaired) electrons. The third-order valence-corrected chi connectivity index (χ3v) is 3.37. The standard InChI is InChI=1S/C18H11F2N5O/c19-14-6-3-12(9-15(14)20)18(26)23-17-8-7-16(24-25-17)22-13-4-1-11(10-21)2-5-13/h1-9H,(H,22,24)(H,23,25,26). The van der Waals surface area contributed by atoms with E-state index in [0.29, 0.717) is 11.4 Å². The Morgan fingerprint density at radius 3 is 2.23 bits per heavy atom. The first kappa shape index (κ1) is 17.0. The van der Waals surface area contributed by atoms with Crippen molar-refractivity contribution < 1.29 is 13.6 Å². The van der Waals surface area contributed by atoms with Crippen LogP contribution in [0.1, 0.15) is 15.9 Å². The van der Waals surface area contributed by atoms with E-state index in [4.69, 9.17) is 5.26 Å². The Morgan fingerprint density at radius 1 is 0.923 bits per heavy atom. The quantitative estimate of drug-likeness (QED) is 0.749.